The molecule has 1 aromatic carbocycles. The van der Waals surface area contributed by atoms with E-state index in [0.717, 1.165) is 19.4 Å². The molecule has 1 N–H and O–H groups in total. The second-order valence-electron chi connectivity index (χ2n) is 5.55. The zero-order chi connectivity index (χ0) is 17.1. The van der Waals surface area contributed by atoms with Crippen LogP contribution in [-0.4, -0.2) is 46.1 Å². The highest BCUT2D eigenvalue weighted by atomic mass is 32.2. The zero-order valence-electron chi connectivity index (χ0n) is 13.4. The molecule has 0 radical (unpaired) electrons. The van der Waals surface area contributed by atoms with Crippen LogP contribution in [0.15, 0.2) is 23.1 Å². The van der Waals surface area contributed by atoms with Gasteiger partial charge >= 0.3 is 0 Å². The van der Waals surface area contributed by atoms with Gasteiger partial charge in [0.1, 0.15) is 4.32 Å². The highest BCUT2D eigenvalue weighted by Crippen LogP contribution is 2.37. The van der Waals surface area contributed by atoms with Crippen LogP contribution in [-0.2, 0) is 9.53 Å². The molecule has 128 valence electrons. The van der Waals surface area contributed by atoms with Gasteiger partial charge in [0, 0.05) is 12.2 Å². The van der Waals surface area contributed by atoms with Crippen LogP contribution in [0, 0.1) is 0 Å². The Labute approximate surface area is 150 Å². The normalized spacial score (nSPS) is 22.6. The van der Waals surface area contributed by atoms with Gasteiger partial charge in [0.15, 0.2) is 11.5 Å². The van der Waals surface area contributed by atoms with Crippen molar-refractivity contribution in [3.8, 4) is 11.5 Å². The number of benzene rings is 1. The summed E-state index contributed by atoms with van der Waals surface area (Å²) in [5, 5.41) is 10.3. The highest BCUT2D eigenvalue weighted by Gasteiger charge is 2.34. The van der Waals surface area contributed by atoms with Crippen molar-refractivity contribution in [3.05, 3.63) is 28.7 Å². The highest BCUT2D eigenvalue weighted by molar-refractivity contribution is 8.26. The summed E-state index contributed by atoms with van der Waals surface area (Å²) in [4.78, 5) is 14.7. The average molecular weight is 365 g/mol. The van der Waals surface area contributed by atoms with E-state index >= 15 is 0 Å². The molecule has 7 heteroatoms. The lowest BCUT2D eigenvalue weighted by Crippen LogP contribution is -2.35. The van der Waals surface area contributed by atoms with Crippen molar-refractivity contribution < 1.29 is 19.4 Å². The Morgan fingerprint density at radius 2 is 2.38 bits per heavy atom. The Balaban J connectivity index is 1.80. The van der Waals surface area contributed by atoms with Crippen LogP contribution in [0.2, 0.25) is 0 Å². The number of thioether (sulfide) groups is 1. The first kappa shape index (κ1) is 17.3. The molecule has 2 saturated heterocycles. The largest absolute Gasteiger partial charge is 0.504 e. The molecule has 0 aromatic heterocycles. The molecule has 24 heavy (non-hydrogen) atoms. The van der Waals surface area contributed by atoms with Crippen LogP contribution in [0.5, 0.6) is 11.5 Å². The lowest BCUT2D eigenvalue weighted by molar-refractivity contribution is -0.123. The lowest BCUT2D eigenvalue weighted by atomic mass is 10.1. The van der Waals surface area contributed by atoms with Gasteiger partial charge in [-0.25, -0.2) is 0 Å². The number of carbonyl (C=O) groups is 1. The van der Waals surface area contributed by atoms with E-state index in [2.05, 4.69) is 0 Å². The van der Waals surface area contributed by atoms with Crippen molar-refractivity contribution >= 4 is 40.3 Å². The maximum atomic E-state index is 12.6. The molecule has 0 bridgehead atoms. The molecule has 0 unspecified atom stereocenters. The third kappa shape index (κ3) is 3.58. The number of nitrogens with zero attached hydrogens (tertiary/aromatic N) is 1. The van der Waals surface area contributed by atoms with E-state index in [0.29, 0.717) is 33.7 Å². The minimum absolute atomic E-state index is 0.0312. The summed E-state index contributed by atoms with van der Waals surface area (Å²) in [6.45, 7) is 3.54. The van der Waals surface area contributed by atoms with E-state index in [9.17, 15) is 9.90 Å². The van der Waals surface area contributed by atoms with Gasteiger partial charge in [-0.05, 0) is 31.9 Å². The molecule has 0 aliphatic carbocycles. The minimum Gasteiger partial charge on any atom is -0.504 e. The molecule has 2 fully saturated rings. The van der Waals surface area contributed by atoms with E-state index in [1.807, 2.05) is 6.92 Å². The number of aromatic hydroxyl groups is 1. The van der Waals surface area contributed by atoms with Gasteiger partial charge < -0.3 is 14.6 Å². The quantitative estimate of drug-likeness (QED) is 0.639. The van der Waals surface area contributed by atoms with Crippen molar-refractivity contribution in [2.24, 2.45) is 0 Å². The molecule has 2 heterocycles. The number of ether oxygens (including phenoxy) is 2. The van der Waals surface area contributed by atoms with Crippen LogP contribution in [0.4, 0.5) is 0 Å². The number of rotatable bonds is 5. The van der Waals surface area contributed by atoms with E-state index in [-0.39, 0.29) is 17.8 Å². The van der Waals surface area contributed by atoms with E-state index in [1.54, 1.807) is 29.2 Å². The molecular weight excluding hydrogens is 346 g/mol. The average Bonchev–Trinajstić information content (AvgIpc) is 3.16. The second-order valence-corrected chi connectivity index (χ2v) is 7.23. The fourth-order valence-corrected chi connectivity index (χ4v) is 3.98. The first-order valence-corrected chi connectivity index (χ1v) is 9.14. The molecule has 2 aliphatic rings. The first-order chi connectivity index (χ1) is 11.6. The number of thiocarbonyl (C=S) groups is 1. The van der Waals surface area contributed by atoms with E-state index in [1.165, 1.54) is 11.8 Å². The zero-order valence-corrected chi connectivity index (χ0v) is 15.0. The Kier molecular flexibility index (Phi) is 5.43. The molecule has 1 atom stereocenters. The van der Waals surface area contributed by atoms with Crippen molar-refractivity contribution in [1.82, 2.24) is 4.90 Å². The van der Waals surface area contributed by atoms with Gasteiger partial charge in [0.05, 0.1) is 24.2 Å². The van der Waals surface area contributed by atoms with Crippen LogP contribution < -0.4 is 4.74 Å². The fraction of sp³-hybridized carbons (Fsp3) is 0.412. The summed E-state index contributed by atoms with van der Waals surface area (Å²) < 4.78 is 11.5. The van der Waals surface area contributed by atoms with Crippen LogP contribution in [0.3, 0.4) is 0 Å². The monoisotopic (exact) mass is 365 g/mol. The maximum Gasteiger partial charge on any atom is 0.266 e. The second kappa shape index (κ2) is 7.55. The summed E-state index contributed by atoms with van der Waals surface area (Å²) in [6, 6.07) is 5.22. The van der Waals surface area contributed by atoms with Crippen molar-refractivity contribution in [2.75, 3.05) is 19.8 Å². The van der Waals surface area contributed by atoms with Crippen LogP contribution >= 0.6 is 24.0 Å². The number of hydrogen-bond donors (Lipinski definition) is 1. The van der Waals surface area contributed by atoms with Crippen molar-refractivity contribution in [3.63, 3.8) is 0 Å². The summed E-state index contributed by atoms with van der Waals surface area (Å²) in [6.07, 6.45) is 3.69. The van der Waals surface area contributed by atoms with E-state index < -0.39 is 0 Å². The smallest absolute Gasteiger partial charge is 0.266 e. The minimum atomic E-state index is -0.137. The van der Waals surface area contributed by atoms with Gasteiger partial charge in [-0.15, -0.1) is 0 Å². The Hall–Kier alpha value is -1.57. The molecule has 0 saturated carbocycles. The first-order valence-electron chi connectivity index (χ1n) is 7.92. The number of amides is 1. The van der Waals surface area contributed by atoms with Gasteiger partial charge in [-0.3, -0.25) is 9.69 Å². The summed E-state index contributed by atoms with van der Waals surface area (Å²) in [5.41, 5.74) is 0.540. The van der Waals surface area contributed by atoms with E-state index in [4.69, 9.17) is 21.7 Å². The van der Waals surface area contributed by atoms with Gasteiger partial charge in [-0.2, -0.15) is 0 Å². The molecule has 1 aromatic rings. The maximum absolute atomic E-state index is 12.6. The van der Waals surface area contributed by atoms with Gasteiger partial charge in [0.25, 0.3) is 5.91 Å². The van der Waals surface area contributed by atoms with Crippen molar-refractivity contribution in [2.45, 2.75) is 25.9 Å². The predicted molar refractivity (Wildman–Crippen MR) is 98.1 cm³/mol. The SMILES string of the molecule is CCOc1cccc(/C=C2\SC(=S)N(C[C@@H]3CCCO3)C2=O)c1O. The molecule has 2 aliphatic heterocycles. The number of phenolic OH excluding ortho intramolecular Hbond substituents is 1. The third-order valence-electron chi connectivity index (χ3n) is 3.90. The summed E-state index contributed by atoms with van der Waals surface area (Å²) in [5.74, 6) is 0.298. The topological polar surface area (TPSA) is 59.0 Å². The standard InChI is InChI=1S/C17H19NO4S2/c1-2-21-13-7-3-5-11(15(13)19)9-14-16(20)18(17(23)24-14)10-12-6-4-8-22-12/h3,5,7,9,12,19H,2,4,6,8,10H2,1H3/b14-9-/t12-/m0/s1. The third-order valence-corrected chi connectivity index (χ3v) is 5.28. The number of phenols is 1. The molecule has 0 spiro atoms. The van der Waals surface area contributed by atoms with Crippen LogP contribution in [0.25, 0.3) is 6.08 Å². The number of carbonyl (C=O) groups excluding carboxylic acids is 1. The van der Waals surface area contributed by atoms with Crippen molar-refractivity contribution in [1.29, 1.82) is 0 Å². The van der Waals surface area contributed by atoms with Gasteiger partial charge in [0.2, 0.25) is 0 Å². The molecule has 5 nitrogen and oxygen atoms in total. The molecule has 1 amide bonds. The Bertz CT molecular complexity index is 683. The molecular formula is C17H19NO4S2. The summed E-state index contributed by atoms with van der Waals surface area (Å²) in [7, 11) is 0. The fourth-order valence-electron chi connectivity index (χ4n) is 2.72. The lowest BCUT2D eigenvalue weighted by Gasteiger charge is -2.18. The Morgan fingerprint density at radius 3 is 3.08 bits per heavy atom. The Morgan fingerprint density at radius 1 is 1.54 bits per heavy atom. The predicted octanol–water partition coefficient (Wildman–Crippen LogP) is 3.17. The number of para-hydroxylation sites is 1. The number of hydrogen-bond acceptors (Lipinski definition) is 6. The molecule has 3 rings (SSSR count). The van der Waals surface area contributed by atoms with Crippen LogP contribution in [0.1, 0.15) is 25.3 Å². The summed E-state index contributed by atoms with van der Waals surface area (Å²) >= 11 is 6.58. The van der Waals surface area contributed by atoms with Gasteiger partial charge in [-0.1, -0.05) is 36.1 Å².